The highest BCUT2D eigenvalue weighted by Crippen LogP contribution is 2.44. The molecule has 3 rings (SSSR count). The van der Waals surface area contributed by atoms with Crippen LogP contribution in [-0.2, 0) is 4.74 Å². The molecule has 1 aromatic heterocycles. The minimum atomic E-state index is 0.0325. The third-order valence-electron chi connectivity index (χ3n) is 5.74. The molecule has 0 unspecified atom stereocenters. The first-order chi connectivity index (χ1) is 11.4. The number of aryl methyl sites for hydroxylation is 1. The SMILES string of the molecule is COC[C@@H]1CC2(CCN(C(=O)c3ccc(C)o3)CC2)CN1C(C)C. The van der Waals surface area contributed by atoms with Gasteiger partial charge in [-0.2, -0.15) is 0 Å². The van der Waals surface area contributed by atoms with Crippen molar-refractivity contribution < 1.29 is 13.9 Å². The molecule has 1 spiro atoms. The topological polar surface area (TPSA) is 45.9 Å². The minimum Gasteiger partial charge on any atom is -0.456 e. The number of piperidine rings is 1. The van der Waals surface area contributed by atoms with Crippen molar-refractivity contribution in [1.29, 1.82) is 0 Å². The molecule has 0 saturated carbocycles. The van der Waals surface area contributed by atoms with Crippen LogP contribution < -0.4 is 0 Å². The van der Waals surface area contributed by atoms with E-state index in [1.807, 2.05) is 17.9 Å². The van der Waals surface area contributed by atoms with Crippen LogP contribution in [-0.4, -0.2) is 61.1 Å². The van der Waals surface area contributed by atoms with Gasteiger partial charge in [0.1, 0.15) is 5.76 Å². The summed E-state index contributed by atoms with van der Waals surface area (Å²) in [7, 11) is 1.79. The Labute approximate surface area is 144 Å². The van der Waals surface area contributed by atoms with Crippen molar-refractivity contribution >= 4 is 5.91 Å². The van der Waals surface area contributed by atoms with Crippen LogP contribution in [0.1, 0.15) is 49.4 Å². The van der Waals surface area contributed by atoms with Crippen LogP contribution in [0.3, 0.4) is 0 Å². The standard InChI is InChI=1S/C19H30N2O3/c1-14(2)21-13-19(11-16(21)12-23-4)7-9-20(10-8-19)18(22)17-6-5-15(3)24-17/h5-6,14,16H,7-13H2,1-4H3/t16-/m0/s1. The molecule has 134 valence electrons. The lowest BCUT2D eigenvalue weighted by molar-refractivity contribution is 0.0551. The molecule has 0 aromatic carbocycles. The highest BCUT2D eigenvalue weighted by molar-refractivity contribution is 5.91. The number of amides is 1. The van der Waals surface area contributed by atoms with Crippen molar-refractivity contribution in [3.63, 3.8) is 0 Å². The minimum absolute atomic E-state index is 0.0325. The Bertz CT molecular complexity index is 573. The lowest BCUT2D eigenvalue weighted by Crippen LogP contribution is -2.44. The molecular weight excluding hydrogens is 304 g/mol. The molecule has 0 bridgehead atoms. The van der Waals surface area contributed by atoms with Crippen LogP contribution in [0.5, 0.6) is 0 Å². The molecule has 24 heavy (non-hydrogen) atoms. The normalized spacial score (nSPS) is 24.2. The summed E-state index contributed by atoms with van der Waals surface area (Å²) in [5.41, 5.74) is 0.337. The molecule has 2 aliphatic heterocycles. The number of carbonyl (C=O) groups excluding carboxylic acids is 1. The molecule has 1 aromatic rings. The van der Waals surface area contributed by atoms with Gasteiger partial charge < -0.3 is 14.1 Å². The second-order valence-corrected chi connectivity index (χ2v) is 7.78. The lowest BCUT2D eigenvalue weighted by atomic mass is 9.76. The van der Waals surface area contributed by atoms with Crippen LogP contribution in [0.15, 0.2) is 16.5 Å². The summed E-state index contributed by atoms with van der Waals surface area (Å²) in [4.78, 5) is 17.1. The van der Waals surface area contributed by atoms with Crippen molar-refractivity contribution in [3.05, 3.63) is 23.7 Å². The van der Waals surface area contributed by atoms with E-state index < -0.39 is 0 Å². The zero-order valence-corrected chi connectivity index (χ0v) is 15.4. The molecule has 1 amide bonds. The van der Waals surface area contributed by atoms with E-state index in [4.69, 9.17) is 9.15 Å². The second-order valence-electron chi connectivity index (χ2n) is 7.78. The fraction of sp³-hybridized carbons (Fsp3) is 0.737. The predicted molar refractivity (Wildman–Crippen MR) is 93.1 cm³/mol. The average Bonchev–Trinajstić information content (AvgIpc) is 3.13. The molecular formula is C19H30N2O3. The molecule has 0 N–H and O–H groups in total. The maximum atomic E-state index is 12.6. The van der Waals surface area contributed by atoms with Gasteiger partial charge in [0.2, 0.25) is 0 Å². The Morgan fingerprint density at radius 3 is 2.62 bits per heavy atom. The van der Waals surface area contributed by atoms with Gasteiger partial charge >= 0.3 is 0 Å². The van der Waals surface area contributed by atoms with Gasteiger partial charge in [-0.05, 0) is 57.6 Å². The third-order valence-corrected chi connectivity index (χ3v) is 5.74. The molecule has 2 fully saturated rings. The Morgan fingerprint density at radius 2 is 2.08 bits per heavy atom. The number of rotatable bonds is 4. The Balaban J connectivity index is 1.63. The van der Waals surface area contributed by atoms with E-state index in [0.717, 1.165) is 44.8 Å². The first-order valence-electron chi connectivity index (χ1n) is 9.04. The van der Waals surface area contributed by atoms with E-state index >= 15 is 0 Å². The number of methoxy groups -OCH3 is 1. The van der Waals surface area contributed by atoms with Gasteiger partial charge in [-0.25, -0.2) is 0 Å². The Hall–Kier alpha value is -1.33. The molecule has 0 aliphatic carbocycles. The van der Waals surface area contributed by atoms with E-state index in [-0.39, 0.29) is 5.91 Å². The Kier molecular flexibility index (Phi) is 5.02. The number of hydrogen-bond donors (Lipinski definition) is 0. The predicted octanol–water partition coefficient (Wildman–Crippen LogP) is 2.94. The average molecular weight is 334 g/mol. The summed E-state index contributed by atoms with van der Waals surface area (Å²) >= 11 is 0. The number of furan rings is 1. The molecule has 2 saturated heterocycles. The lowest BCUT2D eigenvalue weighted by Gasteiger charge is -2.39. The van der Waals surface area contributed by atoms with E-state index in [1.165, 1.54) is 6.42 Å². The van der Waals surface area contributed by atoms with E-state index in [2.05, 4.69) is 18.7 Å². The van der Waals surface area contributed by atoms with E-state index in [0.29, 0.717) is 23.3 Å². The first kappa shape index (κ1) is 17.5. The van der Waals surface area contributed by atoms with E-state index in [1.54, 1.807) is 13.2 Å². The second kappa shape index (κ2) is 6.89. The summed E-state index contributed by atoms with van der Waals surface area (Å²) in [5.74, 6) is 1.29. The molecule has 0 radical (unpaired) electrons. The summed E-state index contributed by atoms with van der Waals surface area (Å²) in [6.07, 6.45) is 3.32. The van der Waals surface area contributed by atoms with Crippen LogP contribution in [0.2, 0.25) is 0 Å². The van der Waals surface area contributed by atoms with Crippen LogP contribution in [0, 0.1) is 12.3 Å². The fourth-order valence-electron chi connectivity index (χ4n) is 4.40. The summed E-state index contributed by atoms with van der Waals surface area (Å²) in [6, 6.07) is 4.68. The quantitative estimate of drug-likeness (QED) is 0.849. The fourth-order valence-corrected chi connectivity index (χ4v) is 4.40. The van der Waals surface area contributed by atoms with Crippen molar-refractivity contribution in [3.8, 4) is 0 Å². The van der Waals surface area contributed by atoms with Gasteiger partial charge in [0.25, 0.3) is 5.91 Å². The first-order valence-corrected chi connectivity index (χ1v) is 9.04. The van der Waals surface area contributed by atoms with Crippen molar-refractivity contribution in [2.45, 2.75) is 52.1 Å². The maximum Gasteiger partial charge on any atom is 0.289 e. The van der Waals surface area contributed by atoms with Crippen LogP contribution in [0.4, 0.5) is 0 Å². The summed E-state index contributed by atoms with van der Waals surface area (Å²) in [5, 5.41) is 0. The summed E-state index contributed by atoms with van der Waals surface area (Å²) < 4.78 is 10.9. The third kappa shape index (κ3) is 3.38. The molecule has 1 atom stereocenters. The molecule has 2 aliphatic rings. The van der Waals surface area contributed by atoms with Gasteiger partial charge in [-0.3, -0.25) is 9.69 Å². The molecule has 5 nitrogen and oxygen atoms in total. The van der Waals surface area contributed by atoms with E-state index in [9.17, 15) is 4.79 Å². The summed E-state index contributed by atoms with van der Waals surface area (Å²) in [6.45, 7) is 9.97. The van der Waals surface area contributed by atoms with Gasteiger partial charge in [0.15, 0.2) is 5.76 Å². The van der Waals surface area contributed by atoms with Gasteiger partial charge in [-0.1, -0.05) is 0 Å². The maximum absolute atomic E-state index is 12.6. The zero-order valence-electron chi connectivity index (χ0n) is 15.4. The zero-order chi connectivity index (χ0) is 17.3. The van der Waals surface area contributed by atoms with Crippen LogP contribution >= 0.6 is 0 Å². The number of ether oxygens (including phenoxy) is 1. The van der Waals surface area contributed by atoms with Gasteiger partial charge in [0, 0.05) is 38.8 Å². The monoisotopic (exact) mass is 334 g/mol. The van der Waals surface area contributed by atoms with Crippen LogP contribution in [0.25, 0.3) is 0 Å². The molecule has 3 heterocycles. The van der Waals surface area contributed by atoms with Gasteiger partial charge in [0.05, 0.1) is 6.61 Å². The largest absolute Gasteiger partial charge is 0.456 e. The number of hydrogen-bond acceptors (Lipinski definition) is 4. The Morgan fingerprint density at radius 1 is 1.38 bits per heavy atom. The smallest absolute Gasteiger partial charge is 0.289 e. The van der Waals surface area contributed by atoms with Crippen molar-refractivity contribution in [2.24, 2.45) is 5.41 Å². The van der Waals surface area contributed by atoms with Crippen molar-refractivity contribution in [1.82, 2.24) is 9.80 Å². The number of nitrogens with zero attached hydrogens (tertiary/aromatic N) is 2. The number of carbonyl (C=O) groups is 1. The number of likely N-dealkylation sites (tertiary alicyclic amines) is 2. The highest BCUT2D eigenvalue weighted by atomic mass is 16.5. The highest BCUT2D eigenvalue weighted by Gasteiger charge is 2.46. The van der Waals surface area contributed by atoms with Crippen molar-refractivity contribution in [2.75, 3.05) is 33.4 Å². The molecule has 5 heteroatoms. The van der Waals surface area contributed by atoms with Gasteiger partial charge in [-0.15, -0.1) is 0 Å².